The van der Waals surface area contributed by atoms with Crippen LogP contribution >= 0.6 is 0 Å². The minimum absolute atomic E-state index is 0.0350. The molecule has 1 heterocycles. The number of nitrogens with one attached hydrogen (secondary N) is 2. The van der Waals surface area contributed by atoms with Gasteiger partial charge in [-0.05, 0) is 32.1 Å². The summed E-state index contributed by atoms with van der Waals surface area (Å²) in [7, 11) is 0. The first-order chi connectivity index (χ1) is 6.65. The monoisotopic (exact) mass is 198 g/mol. The maximum absolute atomic E-state index is 11.6. The summed E-state index contributed by atoms with van der Waals surface area (Å²) in [5.41, 5.74) is 0. The Morgan fingerprint density at radius 3 is 2.71 bits per heavy atom. The zero-order valence-corrected chi connectivity index (χ0v) is 9.47. The quantitative estimate of drug-likeness (QED) is 0.717. The van der Waals surface area contributed by atoms with Gasteiger partial charge in [-0.2, -0.15) is 0 Å². The Bertz CT molecular complexity index is 194. The fraction of sp³-hybridized carbons (Fsp3) is 0.909. The fourth-order valence-electron chi connectivity index (χ4n) is 1.82. The third-order valence-electron chi connectivity index (χ3n) is 3.09. The number of carbonyl (C=O) groups excluding carboxylic acids is 1. The van der Waals surface area contributed by atoms with Gasteiger partial charge in [-0.25, -0.2) is 0 Å². The Morgan fingerprint density at radius 2 is 2.14 bits per heavy atom. The van der Waals surface area contributed by atoms with Crippen molar-refractivity contribution in [2.75, 3.05) is 6.54 Å². The predicted octanol–water partition coefficient (Wildman–Crippen LogP) is 1.29. The first kappa shape index (κ1) is 11.5. The van der Waals surface area contributed by atoms with Gasteiger partial charge in [0.05, 0.1) is 6.04 Å². The second-order valence-electron chi connectivity index (χ2n) is 4.35. The molecule has 2 N–H and O–H groups in total. The molecule has 0 aromatic carbocycles. The Labute approximate surface area is 86.6 Å². The third-order valence-corrected chi connectivity index (χ3v) is 3.09. The molecule has 3 nitrogen and oxygen atoms in total. The van der Waals surface area contributed by atoms with Crippen LogP contribution in [0.2, 0.25) is 0 Å². The van der Waals surface area contributed by atoms with Crippen molar-refractivity contribution in [3.8, 4) is 0 Å². The molecule has 0 spiro atoms. The molecule has 1 aliphatic rings. The molecule has 1 aliphatic heterocycles. The zero-order valence-electron chi connectivity index (χ0n) is 9.47. The SMILES string of the molecule is CCCNC(=O)C1CCC(C)C(C)N1. The van der Waals surface area contributed by atoms with Gasteiger partial charge in [0.25, 0.3) is 0 Å². The average Bonchev–Trinajstić information content (AvgIpc) is 2.18. The van der Waals surface area contributed by atoms with Gasteiger partial charge in [-0.1, -0.05) is 13.8 Å². The second-order valence-corrected chi connectivity index (χ2v) is 4.35. The van der Waals surface area contributed by atoms with Crippen LogP contribution in [-0.2, 0) is 4.79 Å². The number of piperidine rings is 1. The number of rotatable bonds is 3. The molecule has 82 valence electrons. The molecule has 0 aliphatic carbocycles. The molecule has 1 amide bonds. The van der Waals surface area contributed by atoms with Crippen LogP contribution in [0.1, 0.15) is 40.0 Å². The van der Waals surface area contributed by atoms with E-state index >= 15 is 0 Å². The highest BCUT2D eigenvalue weighted by Gasteiger charge is 2.27. The molecule has 0 radical (unpaired) electrons. The molecule has 1 saturated heterocycles. The van der Waals surface area contributed by atoms with Gasteiger partial charge in [0, 0.05) is 12.6 Å². The van der Waals surface area contributed by atoms with E-state index in [0.29, 0.717) is 12.0 Å². The normalized spacial score (nSPS) is 32.6. The van der Waals surface area contributed by atoms with E-state index < -0.39 is 0 Å². The molecular weight excluding hydrogens is 176 g/mol. The van der Waals surface area contributed by atoms with Crippen LogP contribution in [0.25, 0.3) is 0 Å². The highest BCUT2D eigenvalue weighted by atomic mass is 16.2. The molecule has 3 unspecified atom stereocenters. The van der Waals surface area contributed by atoms with Gasteiger partial charge < -0.3 is 10.6 Å². The summed E-state index contributed by atoms with van der Waals surface area (Å²) < 4.78 is 0. The van der Waals surface area contributed by atoms with Crippen molar-refractivity contribution in [2.24, 2.45) is 5.92 Å². The number of hydrogen-bond donors (Lipinski definition) is 2. The van der Waals surface area contributed by atoms with Crippen molar-refractivity contribution in [1.82, 2.24) is 10.6 Å². The molecule has 3 heteroatoms. The third kappa shape index (κ3) is 2.98. The summed E-state index contributed by atoms with van der Waals surface area (Å²) in [6.45, 7) is 7.25. The van der Waals surface area contributed by atoms with Crippen LogP contribution in [0, 0.1) is 5.92 Å². The second kappa shape index (κ2) is 5.35. The van der Waals surface area contributed by atoms with Crippen molar-refractivity contribution >= 4 is 5.91 Å². The summed E-state index contributed by atoms with van der Waals surface area (Å²) in [4.78, 5) is 11.6. The van der Waals surface area contributed by atoms with Gasteiger partial charge in [-0.3, -0.25) is 4.79 Å². The summed E-state index contributed by atoms with van der Waals surface area (Å²) in [6.07, 6.45) is 3.13. The van der Waals surface area contributed by atoms with E-state index in [4.69, 9.17) is 0 Å². The Kier molecular flexibility index (Phi) is 4.39. The number of amides is 1. The van der Waals surface area contributed by atoms with Gasteiger partial charge >= 0.3 is 0 Å². The number of carbonyl (C=O) groups is 1. The smallest absolute Gasteiger partial charge is 0.237 e. The van der Waals surface area contributed by atoms with E-state index in [-0.39, 0.29) is 11.9 Å². The average molecular weight is 198 g/mol. The Hall–Kier alpha value is -0.570. The van der Waals surface area contributed by atoms with Gasteiger partial charge in [0.1, 0.15) is 0 Å². The molecule has 0 bridgehead atoms. The Balaban J connectivity index is 2.34. The van der Waals surface area contributed by atoms with Crippen LogP contribution in [-0.4, -0.2) is 24.5 Å². The van der Waals surface area contributed by atoms with Crippen molar-refractivity contribution < 1.29 is 4.79 Å². The highest BCUT2D eigenvalue weighted by Crippen LogP contribution is 2.18. The molecule has 1 rings (SSSR count). The van der Waals surface area contributed by atoms with Gasteiger partial charge in [-0.15, -0.1) is 0 Å². The summed E-state index contributed by atoms with van der Waals surface area (Å²) >= 11 is 0. The largest absolute Gasteiger partial charge is 0.355 e. The van der Waals surface area contributed by atoms with Crippen LogP contribution in [0.5, 0.6) is 0 Å². The summed E-state index contributed by atoms with van der Waals surface area (Å²) in [6, 6.07) is 0.494. The minimum atomic E-state index is 0.0350. The maximum atomic E-state index is 11.6. The van der Waals surface area contributed by atoms with Gasteiger partial charge in [0.15, 0.2) is 0 Å². The van der Waals surface area contributed by atoms with E-state index in [9.17, 15) is 4.79 Å². The van der Waals surface area contributed by atoms with E-state index in [2.05, 4.69) is 31.4 Å². The van der Waals surface area contributed by atoms with Crippen molar-refractivity contribution in [2.45, 2.75) is 52.1 Å². The van der Waals surface area contributed by atoms with E-state index in [0.717, 1.165) is 25.8 Å². The molecule has 0 aromatic heterocycles. The fourth-order valence-corrected chi connectivity index (χ4v) is 1.82. The minimum Gasteiger partial charge on any atom is -0.355 e. The summed E-state index contributed by atoms with van der Waals surface area (Å²) in [5, 5.41) is 6.30. The van der Waals surface area contributed by atoms with Crippen LogP contribution in [0.4, 0.5) is 0 Å². The highest BCUT2D eigenvalue weighted by molar-refractivity contribution is 5.81. The van der Waals surface area contributed by atoms with Crippen molar-refractivity contribution in [1.29, 1.82) is 0 Å². The predicted molar refractivity (Wildman–Crippen MR) is 58.1 cm³/mol. The zero-order chi connectivity index (χ0) is 10.6. The standard InChI is InChI=1S/C11H22N2O/c1-4-7-12-11(14)10-6-5-8(2)9(3)13-10/h8-10,13H,4-7H2,1-3H3,(H,12,14). The summed E-state index contributed by atoms with van der Waals surface area (Å²) in [5.74, 6) is 0.857. The van der Waals surface area contributed by atoms with Crippen molar-refractivity contribution in [3.05, 3.63) is 0 Å². The first-order valence-corrected chi connectivity index (χ1v) is 5.69. The lowest BCUT2D eigenvalue weighted by molar-refractivity contribution is -0.124. The lowest BCUT2D eigenvalue weighted by atomic mass is 9.89. The molecule has 0 saturated carbocycles. The lowest BCUT2D eigenvalue weighted by Crippen LogP contribution is -2.52. The topological polar surface area (TPSA) is 41.1 Å². The van der Waals surface area contributed by atoms with Crippen molar-refractivity contribution in [3.63, 3.8) is 0 Å². The van der Waals surface area contributed by atoms with E-state index in [1.165, 1.54) is 0 Å². The first-order valence-electron chi connectivity index (χ1n) is 5.69. The molecular formula is C11H22N2O. The van der Waals surface area contributed by atoms with E-state index in [1.54, 1.807) is 0 Å². The van der Waals surface area contributed by atoms with Crippen LogP contribution < -0.4 is 10.6 Å². The van der Waals surface area contributed by atoms with Crippen LogP contribution in [0.3, 0.4) is 0 Å². The molecule has 3 atom stereocenters. The maximum Gasteiger partial charge on any atom is 0.237 e. The molecule has 14 heavy (non-hydrogen) atoms. The molecule has 0 aromatic rings. The van der Waals surface area contributed by atoms with Crippen LogP contribution in [0.15, 0.2) is 0 Å². The molecule has 1 fully saturated rings. The van der Waals surface area contributed by atoms with Gasteiger partial charge in [0.2, 0.25) is 5.91 Å². The Morgan fingerprint density at radius 1 is 1.43 bits per heavy atom. The number of hydrogen-bond acceptors (Lipinski definition) is 2. The lowest BCUT2D eigenvalue weighted by Gasteiger charge is -2.32. The van der Waals surface area contributed by atoms with E-state index in [1.807, 2.05) is 0 Å².